The van der Waals surface area contributed by atoms with Crippen molar-refractivity contribution in [1.82, 2.24) is 15.1 Å². The molecule has 1 aromatic heterocycles. The van der Waals surface area contributed by atoms with Gasteiger partial charge in [0.25, 0.3) is 0 Å². The van der Waals surface area contributed by atoms with E-state index >= 15 is 0 Å². The van der Waals surface area contributed by atoms with E-state index in [1.54, 1.807) is 0 Å². The monoisotopic (exact) mass is 376 g/mol. The van der Waals surface area contributed by atoms with E-state index in [0.29, 0.717) is 11.8 Å². The van der Waals surface area contributed by atoms with Crippen LogP contribution < -0.4 is 5.32 Å². The maximum Gasteiger partial charge on any atom is 0.247 e. The third kappa shape index (κ3) is 4.12. The van der Waals surface area contributed by atoms with Crippen molar-refractivity contribution >= 4 is 11.6 Å². The van der Waals surface area contributed by atoms with Gasteiger partial charge >= 0.3 is 0 Å². The van der Waals surface area contributed by atoms with Gasteiger partial charge in [0, 0.05) is 17.2 Å². The van der Waals surface area contributed by atoms with Crippen molar-refractivity contribution in [3.05, 3.63) is 66.6 Å². The minimum Gasteiger partial charge on any atom is -0.419 e. The fraction of sp³-hybridized carbons (Fsp3) is 0.318. The standard InChI is InChI=1S/C22H24N4O2/c1-16(21-24-25-22(28-21)18-8-4-2-5-9-18)26-14-12-17(13-15-26)20(27)23-19-10-6-3-7-11-19/h2-11,16-17H,12-15H2,1H3,(H,23,27). The molecule has 3 aromatic rings. The number of nitrogens with one attached hydrogen (secondary N) is 1. The first kappa shape index (κ1) is 18.4. The molecule has 4 rings (SSSR count). The summed E-state index contributed by atoms with van der Waals surface area (Å²) in [7, 11) is 0. The number of likely N-dealkylation sites (tertiary alicyclic amines) is 1. The molecule has 0 aliphatic carbocycles. The largest absolute Gasteiger partial charge is 0.419 e. The number of hydrogen-bond donors (Lipinski definition) is 1. The number of hydrogen-bond acceptors (Lipinski definition) is 5. The molecular formula is C22H24N4O2. The number of rotatable bonds is 5. The van der Waals surface area contributed by atoms with E-state index < -0.39 is 0 Å². The molecule has 6 heteroatoms. The highest BCUT2D eigenvalue weighted by molar-refractivity contribution is 5.92. The summed E-state index contributed by atoms with van der Waals surface area (Å²) in [6.07, 6.45) is 1.64. The average molecular weight is 376 g/mol. The van der Waals surface area contributed by atoms with E-state index in [1.165, 1.54) is 0 Å². The Morgan fingerprint density at radius 1 is 1.04 bits per heavy atom. The number of nitrogens with zero attached hydrogens (tertiary/aromatic N) is 3. The predicted molar refractivity (Wildman–Crippen MR) is 108 cm³/mol. The van der Waals surface area contributed by atoms with Gasteiger partial charge in [0.15, 0.2) is 0 Å². The van der Waals surface area contributed by atoms with E-state index in [9.17, 15) is 4.79 Å². The fourth-order valence-electron chi connectivity index (χ4n) is 3.57. The van der Waals surface area contributed by atoms with Gasteiger partial charge in [-0.05, 0) is 57.1 Å². The SMILES string of the molecule is CC(c1nnc(-c2ccccc2)o1)N1CCC(C(=O)Nc2ccccc2)CC1. The first-order valence-corrected chi connectivity index (χ1v) is 9.69. The molecule has 1 amide bonds. The van der Waals surface area contributed by atoms with Gasteiger partial charge in [-0.2, -0.15) is 0 Å². The molecule has 1 aliphatic heterocycles. The summed E-state index contributed by atoms with van der Waals surface area (Å²) in [6, 6.07) is 19.4. The minimum atomic E-state index is 0.0306. The average Bonchev–Trinajstić information content (AvgIpc) is 3.25. The molecule has 0 bridgehead atoms. The van der Waals surface area contributed by atoms with Crippen molar-refractivity contribution in [3.63, 3.8) is 0 Å². The number of benzene rings is 2. The van der Waals surface area contributed by atoms with Crippen molar-refractivity contribution in [2.75, 3.05) is 18.4 Å². The topological polar surface area (TPSA) is 71.3 Å². The lowest BCUT2D eigenvalue weighted by molar-refractivity contribution is -0.121. The van der Waals surface area contributed by atoms with Crippen molar-refractivity contribution in [2.24, 2.45) is 5.92 Å². The highest BCUT2D eigenvalue weighted by Gasteiger charge is 2.29. The third-order valence-electron chi connectivity index (χ3n) is 5.31. The number of para-hydroxylation sites is 1. The Labute approximate surface area is 164 Å². The second-order valence-corrected chi connectivity index (χ2v) is 7.15. The van der Waals surface area contributed by atoms with Crippen LogP contribution in [0.1, 0.15) is 31.7 Å². The lowest BCUT2D eigenvalue weighted by atomic mass is 9.95. The highest BCUT2D eigenvalue weighted by Crippen LogP contribution is 2.28. The van der Waals surface area contributed by atoms with Crippen molar-refractivity contribution < 1.29 is 9.21 Å². The van der Waals surface area contributed by atoms with Crippen molar-refractivity contribution in [3.8, 4) is 11.5 Å². The second kappa shape index (κ2) is 8.35. The lowest BCUT2D eigenvalue weighted by Crippen LogP contribution is -2.39. The molecule has 28 heavy (non-hydrogen) atoms. The summed E-state index contributed by atoms with van der Waals surface area (Å²) >= 11 is 0. The zero-order valence-corrected chi connectivity index (χ0v) is 15.9. The highest BCUT2D eigenvalue weighted by atomic mass is 16.4. The van der Waals surface area contributed by atoms with Crippen molar-refractivity contribution in [1.29, 1.82) is 0 Å². The maximum atomic E-state index is 12.5. The minimum absolute atomic E-state index is 0.0306. The van der Waals surface area contributed by atoms with Crippen LogP contribution in [0.25, 0.3) is 11.5 Å². The Kier molecular flexibility index (Phi) is 5.48. The first-order chi connectivity index (χ1) is 13.7. The fourth-order valence-corrected chi connectivity index (χ4v) is 3.57. The molecule has 0 spiro atoms. The van der Waals surface area contributed by atoms with E-state index in [-0.39, 0.29) is 17.9 Å². The number of aromatic nitrogens is 2. The van der Waals surface area contributed by atoms with Crippen LogP contribution in [0.3, 0.4) is 0 Å². The van der Waals surface area contributed by atoms with E-state index in [2.05, 4.69) is 27.3 Å². The number of carbonyl (C=O) groups is 1. The molecule has 1 atom stereocenters. The molecule has 0 saturated carbocycles. The number of piperidine rings is 1. The summed E-state index contributed by atoms with van der Waals surface area (Å²) < 4.78 is 5.89. The molecule has 6 nitrogen and oxygen atoms in total. The Balaban J connectivity index is 1.33. The molecule has 1 aliphatic rings. The van der Waals surface area contributed by atoms with E-state index in [4.69, 9.17) is 4.42 Å². The summed E-state index contributed by atoms with van der Waals surface area (Å²) in [5.41, 5.74) is 1.77. The summed E-state index contributed by atoms with van der Waals surface area (Å²) in [5, 5.41) is 11.4. The molecule has 1 unspecified atom stereocenters. The zero-order valence-electron chi connectivity index (χ0n) is 15.9. The molecular weight excluding hydrogens is 352 g/mol. The van der Waals surface area contributed by atoms with Crippen LogP contribution in [0.2, 0.25) is 0 Å². The van der Waals surface area contributed by atoms with Crippen LogP contribution >= 0.6 is 0 Å². The van der Waals surface area contributed by atoms with Gasteiger partial charge in [0.1, 0.15) is 0 Å². The number of amides is 1. The molecule has 1 fully saturated rings. The smallest absolute Gasteiger partial charge is 0.247 e. The lowest BCUT2D eigenvalue weighted by Gasteiger charge is -2.33. The zero-order chi connectivity index (χ0) is 19.3. The number of anilines is 1. The normalized spacial score (nSPS) is 16.6. The summed E-state index contributed by atoms with van der Waals surface area (Å²) in [6.45, 7) is 3.74. The van der Waals surface area contributed by atoms with Crippen LogP contribution in [0.4, 0.5) is 5.69 Å². The van der Waals surface area contributed by atoms with Gasteiger partial charge in [0.05, 0.1) is 6.04 Å². The van der Waals surface area contributed by atoms with E-state index in [1.807, 2.05) is 60.7 Å². The second-order valence-electron chi connectivity index (χ2n) is 7.15. The molecule has 2 heterocycles. The Morgan fingerprint density at radius 2 is 1.68 bits per heavy atom. The quantitative estimate of drug-likeness (QED) is 0.724. The Morgan fingerprint density at radius 3 is 2.36 bits per heavy atom. The van der Waals surface area contributed by atoms with Gasteiger partial charge in [0.2, 0.25) is 17.7 Å². The van der Waals surface area contributed by atoms with Gasteiger partial charge < -0.3 is 9.73 Å². The van der Waals surface area contributed by atoms with Crippen LogP contribution in [0.15, 0.2) is 65.1 Å². The summed E-state index contributed by atoms with van der Waals surface area (Å²) in [5.74, 6) is 1.29. The van der Waals surface area contributed by atoms with Crippen LogP contribution in [0.5, 0.6) is 0 Å². The Bertz CT molecular complexity index is 903. The molecule has 2 aromatic carbocycles. The summed E-state index contributed by atoms with van der Waals surface area (Å²) in [4.78, 5) is 14.8. The first-order valence-electron chi connectivity index (χ1n) is 9.69. The van der Waals surface area contributed by atoms with Crippen LogP contribution in [-0.2, 0) is 4.79 Å². The van der Waals surface area contributed by atoms with Crippen molar-refractivity contribution in [2.45, 2.75) is 25.8 Å². The maximum absolute atomic E-state index is 12.5. The van der Waals surface area contributed by atoms with Gasteiger partial charge in [-0.3, -0.25) is 9.69 Å². The van der Waals surface area contributed by atoms with Gasteiger partial charge in [-0.1, -0.05) is 36.4 Å². The van der Waals surface area contributed by atoms with Gasteiger partial charge in [-0.15, -0.1) is 10.2 Å². The number of carbonyl (C=O) groups excluding carboxylic acids is 1. The van der Waals surface area contributed by atoms with E-state index in [0.717, 1.165) is 37.2 Å². The predicted octanol–water partition coefficient (Wildman–Crippen LogP) is 4.15. The third-order valence-corrected chi connectivity index (χ3v) is 5.31. The van der Waals surface area contributed by atoms with Gasteiger partial charge in [-0.25, -0.2) is 0 Å². The Hall–Kier alpha value is -2.99. The molecule has 1 N–H and O–H groups in total. The van der Waals surface area contributed by atoms with Crippen LogP contribution in [-0.4, -0.2) is 34.1 Å². The molecule has 144 valence electrons. The van der Waals surface area contributed by atoms with Crippen LogP contribution in [0, 0.1) is 5.92 Å². The molecule has 1 saturated heterocycles. The molecule has 0 radical (unpaired) electrons.